The van der Waals surface area contributed by atoms with E-state index in [0.29, 0.717) is 5.56 Å². The molecule has 6 heteroatoms. The van der Waals surface area contributed by atoms with E-state index in [1.807, 2.05) is 13.0 Å². The Bertz CT molecular complexity index is 661. The van der Waals surface area contributed by atoms with Gasteiger partial charge in [-0.15, -0.1) is 0 Å². The summed E-state index contributed by atoms with van der Waals surface area (Å²) >= 11 is 0. The number of nitrogens with zero attached hydrogens (tertiary/aromatic N) is 2. The van der Waals surface area contributed by atoms with Crippen LogP contribution in [0.15, 0.2) is 36.4 Å². The number of ketones is 1. The molecule has 1 aromatic carbocycles. The van der Waals surface area contributed by atoms with Crippen molar-refractivity contribution >= 4 is 11.9 Å². The molecule has 110 valence electrons. The SMILES string of the molecule is Cc1cc(/C=C/C(=O)c2ccc(OC(F)F)cc2)n(C)n1. The molecule has 0 N–H and O–H groups in total. The van der Waals surface area contributed by atoms with Gasteiger partial charge < -0.3 is 4.74 Å². The van der Waals surface area contributed by atoms with Crippen LogP contribution in [-0.4, -0.2) is 22.2 Å². The molecule has 0 saturated carbocycles. The Balaban J connectivity index is 2.08. The summed E-state index contributed by atoms with van der Waals surface area (Å²) in [5, 5.41) is 4.17. The molecule has 1 heterocycles. The number of aryl methyl sites for hydroxylation is 2. The van der Waals surface area contributed by atoms with Crippen LogP contribution in [0, 0.1) is 6.92 Å². The summed E-state index contributed by atoms with van der Waals surface area (Å²) in [6, 6.07) is 7.41. The van der Waals surface area contributed by atoms with E-state index in [1.165, 1.54) is 30.3 Å². The number of alkyl halides is 2. The first-order valence-corrected chi connectivity index (χ1v) is 6.23. The molecule has 0 bridgehead atoms. The van der Waals surface area contributed by atoms with Crippen LogP contribution in [0.1, 0.15) is 21.7 Å². The van der Waals surface area contributed by atoms with Gasteiger partial charge in [0.05, 0.1) is 11.4 Å². The molecular formula is C15H14F2N2O2. The van der Waals surface area contributed by atoms with E-state index in [0.717, 1.165) is 11.4 Å². The Kier molecular flexibility index (Phi) is 4.47. The van der Waals surface area contributed by atoms with Crippen LogP contribution in [0.3, 0.4) is 0 Å². The first-order valence-electron chi connectivity index (χ1n) is 6.23. The number of ether oxygens (including phenoxy) is 1. The fraction of sp³-hybridized carbons (Fsp3) is 0.200. The number of benzene rings is 1. The number of halogens is 2. The van der Waals surface area contributed by atoms with Gasteiger partial charge in [0, 0.05) is 12.6 Å². The van der Waals surface area contributed by atoms with Crippen LogP contribution >= 0.6 is 0 Å². The van der Waals surface area contributed by atoms with Crippen molar-refractivity contribution in [1.82, 2.24) is 9.78 Å². The van der Waals surface area contributed by atoms with Crippen molar-refractivity contribution in [3.05, 3.63) is 53.4 Å². The molecule has 4 nitrogen and oxygen atoms in total. The number of aromatic nitrogens is 2. The first-order chi connectivity index (χ1) is 9.95. The average Bonchev–Trinajstić information content (AvgIpc) is 2.74. The van der Waals surface area contributed by atoms with E-state index in [2.05, 4.69) is 9.84 Å². The maximum absolute atomic E-state index is 12.0. The zero-order valence-electron chi connectivity index (χ0n) is 11.6. The molecule has 0 aliphatic heterocycles. The molecule has 0 aliphatic rings. The quantitative estimate of drug-likeness (QED) is 0.628. The first kappa shape index (κ1) is 14.9. The topological polar surface area (TPSA) is 44.1 Å². The van der Waals surface area contributed by atoms with Crippen molar-refractivity contribution in [2.24, 2.45) is 7.05 Å². The van der Waals surface area contributed by atoms with Crippen LogP contribution in [0.5, 0.6) is 5.75 Å². The third-order valence-electron chi connectivity index (χ3n) is 2.81. The summed E-state index contributed by atoms with van der Waals surface area (Å²) < 4.78 is 29.9. The third kappa shape index (κ3) is 3.98. The number of hydrogen-bond donors (Lipinski definition) is 0. The van der Waals surface area contributed by atoms with Gasteiger partial charge in [-0.3, -0.25) is 9.48 Å². The summed E-state index contributed by atoms with van der Waals surface area (Å²) in [7, 11) is 1.79. The van der Waals surface area contributed by atoms with Gasteiger partial charge in [0.2, 0.25) is 0 Å². The number of carbonyl (C=O) groups is 1. The molecular weight excluding hydrogens is 278 g/mol. The lowest BCUT2D eigenvalue weighted by atomic mass is 10.1. The van der Waals surface area contributed by atoms with Gasteiger partial charge in [-0.2, -0.15) is 13.9 Å². The monoisotopic (exact) mass is 292 g/mol. The van der Waals surface area contributed by atoms with Gasteiger partial charge in [0.25, 0.3) is 0 Å². The van der Waals surface area contributed by atoms with Crippen molar-refractivity contribution in [2.75, 3.05) is 0 Å². The fourth-order valence-electron chi connectivity index (χ4n) is 1.84. The lowest BCUT2D eigenvalue weighted by Gasteiger charge is -2.04. The molecule has 0 atom stereocenters. The Morgan fingerprint density at radius 1 is 1.33 bits per heavy atom. The molecule has 0 radical (unpaired) electrons. The van der Waals surface area contributed by atoms with Gasteiger partial charge in [-0.1, -0.05) is 0 Å². The van der Waals surface area contributed by atoms with E-state index in [9.17, 15) is 13.6 Å². The zero-order valence-corrected chi connectivity index (χ0v) is 11.6. The Labute approximate surface area is 120 Å². The largest absolute Gasteiger partial charge is 0.435 e. The molecule has 0 saturated heterocycles. The predicted molar refractivity (Wildman–Crippen MR) is 74.4 cm³/mol. The van der Waals surface area contributed by atoms with E-state index < -0.39 is 6.61 Å². The Morgan fingerprint density at radius 3 is 2.52 bits per heavy atom. The van der Waals surface area contributed by atoms with Crippen molar-refractivity contribution in [3.63, 3.8) is 0 Å². The Morgan fingerprint density at radius 2 is 2.00 bits per heavy atom. The minimum atomic E-state index is -2.88. The molecule has 0 unspecified atom stereocenters. The molecule has 21 heavy (non-hydrogen) atoms. The summed E-state index contributed by atoms with van der Waals surface area (Å²) in [6.45, 7) is -1.01. The number of hydrogen-bond acceptors (Lipinski definition) is 3. The van der Waals surface area contributed by atoms with Crippen molar-refractivity contribution < 1.29 is 18.3 Å². The summed E-state index contributed by atoms with van der Waals surface area (Å²) in [6.07, 6.45) is 3.07. The van der Waals surface area contributed by atoms with E-state index in [4.69, 9.17) is 0 Å². The minimum Gasteiger partial charge on any atom is -0.435 e. The molecule has 2 aromatic rings. The number of allylic oxidation sites excluding steroid dienone is 1. The molecule has 0 amide bonds. The second-order valence-electron chi connectivity index (χ2n) is 4.43. The normalized spacial score (nSPS) is 11.3. The highest BCUT2D eigenvalue weighted by atomic mass is 19.3. The standard InChI is InChI=1S/C15H14F2N2O2/c1-10-9-12(19(2)18-10)5-8-14(20)11-3-6-13(7-4-11)21-15(16)17/h3-9,15H,1-2H3/b8-5+. The summed E-state index contributed by atoms with van der Waals surface area (Å²) in [4.78, 5) is 12.0. The van der Waals surface area contributed by atoms with Crippen LogP contribution in [0.4, 0.5) is 8.78 Å². The summed E-state index contributed by atoms with van der Waals surface area (Å²) in [5.74, 6) is -0.203. The average molecular weight is 292 g/mol. The van der Waals surface area contributed by atoms with Gasteiger partial charge >= 0.3 is 6.61 Å². The van der Waals surface area contributed by atoms with Crippen LogP contribution in [-0.2, 0) is 7.05 Å². The van der Waals surface area contributed by atoms with Gasteiger partial charge in [-0.25, -0.2) is 0 Å². The lowest BCUT2D eigenvalue weighted by molar-refractivity contribution is -0.0498. The highest BCUT2D eigenvalue weighted by Crippen LogP contribution is 2.15. The highest BCUT2D eigenvalue weighted by Gasteiger charge is 2.06. The smallest absolute Gasteiger partial charge is 0.387 e. The maximum atomic E-state index is 12.0. The molecule has 0 aliphatic carbocycles. The molecule has 2 rings (SSSR count). The van der Waals surface area contributed by atoms with Gasteiger partial charge in [0.15, 0.2) is 5.78 Å². The number of rotatable bonds is 5. The van der Waals surface area contributed by atoms with Gasteiger partial charge in [0.1, 0.15) is 5.75 Å². The molecule has 0 fully saturated rings. The Hall–Kier alpha value is -2.50. The highest BCUT2D eigenvalue weighted by molar-refractivity contribution is 6.06. The van der Waals surface area contributed by atoms with Crippen LogP contribution in [0.2, 0.25) is 0 Å². The van der Waals surface area contributed by atoms with E-state index in [-0.39, 0.29) is 11.5 Å². The van der Waals surface area contributed by atoms with E-state index in [1.54, 1.807) is 17.8 Å². The summed E-state index contributed by atoms with van der Waals surface area (Å²) in [5.41, 5.74) is 2.06. The second-order valence-corrected chi connectivity index (χ2v) is 4.43. The minimum absolute atomic E-state index is 0.0211. The number of carbonyl (C=O) groups excluding carboxylic acids is 1. The fourth-order valence-corrected chi connectivity index (χ4v) is 1.84. The maximum Gasteiger partial charge on any atom is 0.387 e. The third-order valence-corrected chi connectivity index (χ3v) is 2.81. The second kappa shape index (κ2) is 6.30. The molecule has 1 aromatic heterocycles. The van der Waals surface area contributed by atoms with Crippen LogP contribution in [0.25, 0.3) is 6.08 Å². The predicted octanol–water partition coefficient (Wildman–Crippen LogP) is 3.23. The molecule has 0 spiro atoms. The van der Waals surface area contributed by atoms with Crippen molar-refractivity contribution in [3.8, 4) is 5.75 Å². The zero-order chi connectivity index (χ0) is 15.4. The van der Waals surface area contributed by atoms with Gasteiger partial charge in [-0.05, 0) is 49.4 Å². The van der Waals surface area contributed by atoms with Crippen LogP contribution < -0.4 is 4.74 Å². The lowest BCUT2D eigenvalue weighted by Crippen LogP contribution is -2.02. The van der Waals surface area contributed by atoms with E-state index >= 15 is 0 Å². The van der Waals surface area contributed by atoms with Crippen molar-refractivity contribution in [2.45, 2.75) is 13.5 Å². The van der Waals surface area contributed by atoms with Crippen molar-refractivity contribution in [1.29, 1.82) is 0 Å².